The van der Waals surface area contributed by atoms with E-state index in [-0.39, 0.29) is 30.0 Å². The van der Waals surface area contributed by atoms with Gasteiger partial charge in [0.2, 0.25) is 17.4 Å². The number of nitrogens with zero attached hydrogens (tertiary/aromatic N) is 2. The number of carboxylic acid groups (broad SMARTS) is 1. The molecule has 3 fully saturated rings. The number of aliphatic hydroxyl groups is 1. The minimum Gasteiger partial charge on any atom is -0.480 e. The van der Waals surface area contributed by atoms with Crippen molar-refractivity contribution in [2.24, 2.45) is 5.16 Å². The lowest BCUT2D eigenvalue weighted by molar-refractivity contribution is -0.167. The minimum atomic E-state index is -1.44. The van der Waals surface area contributed by atoms with Crippen LogP contribution >= 0.6 is 27.7 Å². The van der Waals surface area contributed by atoms with E-state index in [0.29, 0.717) is 0 Å². The van der Waals surface area contributed by atoms with E-state index in [1.54, 1.807) is 0 Å². The van der Waals surface area contributed by atoms with E-state index >= 15 is 0 Å². The highest BCUT2D eigenvalue weighted by Crippen LogP contribution is 2.38. The summed E-state index contributed by atoms with van der Waals surface area (Å²) in [6.45, 7) is 0.517. The molecule has 3 N–H and O–H groups in total. The highest BCUT2D eigenvalue weighted by atomic mass is 79.9. The van der Waals surface area contributed by atoms with E-state index in [1.807, 2.05) is 0 Å². The zero-order chi connectivity index (χ0) is 19.8. The molecule has 0 aromatic rings. The smallest absolute Gasteiger partial charge is 0.329 e. The maximum Gasteiger partial charge on any atom is 0.329 e. The van der Waals surface area contributed by atoms with Crippen molar-refractivity contribution in [2.45, 2.75) is 29.3 Å². The largest absolute Gasteiger partial charge is 0.480 e. The Kier molecular flexibility index (Phi) is 5.96. The number of aliphatic hydroxyl groups excluding tert-OH is 1. The fourth-order valence-electron chi connectivity index (χ4n) is 3.17. The van der Waals surface area contributed by atoms with E-state index in [4.69, 9.17) is 14.3 Å². The van der Waals surface area contributed by atoms with E-state index in [1.165, 1.54) is 18.9 Å². The summed E-state index contributed by atoms with van der Waals surface area (Å²) in [4.78, 5) is 42.3. The normalized spacial score (nSPS) is 32.5. The number of oxime groups is 1. The standard InChI is InChI=1S/C14H18BrN3O8S/c1-24-17-9(14(5-15)25-2-3-26-14)10(20)16-7-11(21)18-8(13(22)23)6(19)4-27-12(7)18/h6-8,12,19H,2-5H2,1H3,(H,16,20)(H,22,23)/t6?,7?,8?,12-/m0/s1. The number of rotatable bonds is 6. The molecule has 0 radical (unpaired) electrons. The molecule has 0 aliphatic carbocycles. The summed E-state index contributed by atoms with van der Waals surface area (Å²) in [7, 11) is 1.26. The number of ether oxygens (including phenoxy) is 2. The lowest BCUT2D eigenvalue weighted by atomic mass is 9.99. The zero-order valence-electron chi connectivity index (χ0n) is 14.2. The number of alkyl halides is 1. The van der Waals surface area contributed by atoms with Gasteiger partial charge in [-0.1, -0.05) is 21.1 Å². The molecule has 3 aliphatic heterocycles. The molecule has 4 atom stereocenters. The molecule has 13 heteroatoms. The van der Waals surface area contributed by atoms with Gasteiger partial charge in [-0.15, -0.1) is 11.8 Å². The Hall–Kier alpha value is -1.41. The average molecular weight is 468 g/mol. The van der Waals surface area contributed by atoms with Crippen LogP contribution in [-0.2, 0) is 28.7 Å². The minimum absolute atomic E-state index is 0.117. The molecule has 2 amide bonds. The van der Waals surface area contributed by atoms with Crippen molar-refractivity contribution in [3.05, 3.63) is 0 Å². The van der Waals surface area contributed by atoms with E-state index in [2.05, 4.69) is 26.4 Å². The number of β-lactam (4-membered cyclic amide) rings is 1. The monoisotopic (exact) mass is 467 g/mol. The quantitative estimate of drug-likeness (QED) is 0.180. The first kappa shape index (κ1) is 20.3. The number of fused-ring (bicyclic) bond motifs is 1. The van der Waals surface area contributed by atoms with Crippen molar-refractivity contribution in [1.82, 2.24) is 10.2 Å². The van der Waals surface area contributed by atoms with Crippen LogP contribution in [-0.4, -0.2) is 99.4 Å². The van der Waals surface area contributed by atoms with E-state index in [9.17, 15) is 24.6 Å². The van der Waals surface area contributed by atoms with Crippen LogP contribution in [0.15, 0.2) is 5.16 Å². The molecule has 0 aromatic carbocycles. The number of carboxylic acids is 1. The summed E-state index contributed by atoms with van der Waals surface area (Å²) >= 11 is 4.42. The topological polar surface area (TPSA) is 147 Å². The highest BCUT2D eigenvalue weighted by Gasteiger charge is 2.58. The first-order valence-electron chi connectivity index (χ1n) is 7.97. The van der Waals surface area contributed by atoms with Crippen molar-refractivity contribution < 1.29 is 38.9 Å². The number of carbonyl (C=O) groups excluding carboxylic acids is 2. The molecule has 0 spiro atoms. The Morgan fingerprint density at radius 3 is 2.70 bits per heavy atom. The number of aliphatic carboxylic acids is 1. The van der Waals surface area contributed by atoms with Crippen molar-refractivity contribution in [2.75, 3.05) is 31.4 Å². The van der Waals surface area contributed by atoms with Crippen LogP contribution in [0.1, 0.15) is 0 Å². The van der Waals surface area contributed by atoms with Crippen LogP contribution in [0.3, 0.4) is 0 Å². The summed E-state index contributed by atoms with van der Waals surface area (Å²) in [5.41, 5.74) is -0.193. The van der Waals surface area contributed by atoms with E-state index < -0.39 is 47.1 Å². The Labute approximate surface area is 166 Å². The predicted molar refractivity (Wildman–Crippen MR) is 95.3 cm³/mol. The summed E-state index contributed by atoms with van der Waals surface area (Å²) in [5, 5.41) is 24.9. The molecule has 3 heterocycles. The fraction of sp³-hybridized carbons (Fsp3) is 0.714. The molecule has 3 aliphatic rings. The summed E-state index contributed by atoms with van der Waals surface area (Å²) < 4.78 is 11.0. The average Bonchev–Trinajstić information content (AvgIpc) is 3.13. The third-order valence-corrected chi connectivity index (χ3v) is 6.52. The molecular weight excluding hydrogens is 450 g/mol. The van der Waals surface area contributed by atoms with Gasteiger partial charge in [0.15, 0.2) is 6.04 Å². The number of carbonyl (C=O) groups is 3. The third kappa shape index (κ3) is 3.42. The molecule has 27 heavy (non-hydrogen) atoms. The van der Waals surface area contributed by atoms with Crippen molar-refractivity contribution in [1.29, 1.82) is 0 Å². The molecule has 3 unspecified atom stereocenters. The van der Waals surface area contributed by atoms with Crippen LogP contribution in [0.4, 0.5) is 0 Å². The van der Waals surface area contributed by atoms with Crippen molar-refractivity contribution in [3.8, 4) is 0 Å². The summed E-state index contributed by atoms with van der Waals surface area (Å²) in [6.07, 6.45) is -1.17. The fourth-order valence-corrected chi connectivity index (χ4v) is 5.10. The second-order valence-electron chi connectivity index (χ2n) is 5.98. The van der Waals surface area contributed by atoms with Gasteiger partial charge in [0.25, 0.3) is 5.91 Å². The molecule has 0 aromatic heterocycles. The predicted octanol–water partition coefficient (Wildman–Crippen LogP) is -1.66. The molecular formula is C14H18BrN3O8S. The number of amides is 2. The first-order chi connectivity index (χ1) is 12.9. The Morgan fingerprint density at radius 1 is 1.48 bits per heavy atom. The Morgan fingerprint density at radius 2 is 2.15 bits per heavy atom. The van der Waals surface area contributed by atoms with Crippen LogP contribution in [0.5, 0.6) is 0 Å². The van der Waals surface area contributed by atoms with E-state index in [0.717, 1.165) is 4.90 Å². The maximum absolute atomic E-state index is 12.7. The number of hydrogen-bond acceptors (Lipinski definition) is 9. The molecule has 3 saturated heterocycles. The SMILES string of the molecule is CON=C(C(=O)NC1C(=O)N2C(C(=O)O)C(O)CS[C@@H]12)C1(CBr)OCCO1. The van der Waals surface area contributed by atoms with Gasteiger partial charge in [0.1, 0.15) is 18.5 Å². The Bertz CT molecular complexity index is 671. The first-order valence-corrected chi connectivity index (χ1v) is 10.1. The van der Waals surface area contributed by atoms with Crippen molar-refractivity contribution >= 4 is 51.2 Å². The molecule has 11 nitrogen and oxygen atoms in total. The van der Waals surface area contributed by atoms with Crippen LogP contribution in [0.2, 0.25) is 0 Å². The van der Waals surface area contributed by atoms with Gasteiger partial charge in [-0.2, -0.15) is 0 Å². The van der Waals surface area contributed by atoms with Crippen LogP contribution in [0, 0.1) is 0 Å². The molecule has 3 rings (SSSR count). The van der Waals surface area contributed by atoms with Crippen LogP contribution in [0.25, 0.3) is 0 Å². The second-order valence-corrected chi connectivity index (χ2v) is 7.69. The molecule has 0 bridgehead atoms. The summed E-state index contributed by atoms with van der Waals surface area (Å²) in [5.74, 6) is -3.92. The van der Waals surface area contributed by atoms with Gasteiger partial charge in [-0.25, -0.2) is 4.79 Å². The van der Waals surface area contributed by atoms with Crippen LogP contribution < -0.4 is 5.32 Å². The van der Waals surface area contributed by atoms with Gasteiger partial charge in [-0.05, 0) is 0 Å². The lowest BCUT2D eigenvalue weighted by Gasteiger charge is -2.53. The van der Waals surface area contributed by atoms with Gasteiger partial charge in [0.05, 0.1) is 24.6 Å². The second kappa shape index (κ2) is 7.91. The van der Waals surface area contributed by atoms with Gasteiger partial charge in [0, 0.05) is 5.75 Å². The lowest BCUT2D eigenvalue weighted by Crippen LogP contribution is -2.77. The van der Waals surface area contributed by atoms with Crippen molar-refractivity contribution in [3.63, 3.8) is 0 Å². The Balaban J connectivity index is 1.75. The number of hydrogen-bond donors (Lipinski definition) is 3. The highest BCUT2D eigenvalue weighted by molar-refractivity contribution is 9.09. The van der Waals surface area contributed by atoms with Gasteiger partial charge >= 0.3 is 5.97 Å². The number of halogens is 1. The maximum atomic E-state index is 12.7. The zero-order valence-corrected chi connectivity index (χ0v) is 16.6. The molecule has 0 saturated carbocycles. The number of nitrogens with one attached hydrogen (secondary N) is 1. The molecule has 150 valence electrons. The van der Waals surface area contributed by atoms with Gasteiger partial charge < -0.3 is 34.7 Å². The summed E-state index contributed by atoms with van der Waals surface area (Å²) in [6, 6.07) is -2.29. The third-order valence-electron chi connectivity index (χ3n) is 4.41. The van der Waals surface area contributed by atoms with Gasteiger partial charge in [-0.3, -0.25) is 9.59 Å². The number of thioether (sulfide) groups is 1.